The van der Waals surface area contributed by atoms with Crippen LogP contribution in [0, 0.1) is 18.8 Å². The summed E-state index contributed by atoms with van der Waals surface area (Å²) in [5, 5.41) is 3.80. The molecule has 1 N–H and O–H groups in total. The molecule has 0 bridgehead atoms. The second-order valence-electron chi connectivity index (χ2n) is 13.3. The van der Waals surface area contributed by atoms with Crippen LogP contribution in [0.1, 0.15) is 87.6 Å². The molecular formula is C34H47ClN4O6. The van der Waals surface area contributed by atoms with E-state index in [1.54, 1.807) is 0 Å². The molecule has 0 radical (unpaired) electrons. The van der Waals surface area contributed by atoms with E-state index in [2.05, 4.69) is 20.5 Å². The number of aromatic nitrogens is 3. The first-order chi connectivity index (χ1) is 21.0. The van der Waals surface area contributed by atoms with E-state index in [4.69, 9.17) is 14.2 Å². The van der Waals surface area contributed by atoms with Gasteiger partial charge >= 0.3 is 12.2 Å². The Balaban J connectivity index is 0.00000461. The average molecular weight is 643 g/mol. The number of ketones is 1. The van der Waals surface area contributed by atoms with E-state index in [0.29, 0.717) is 19.5 Å². The highest BCUT2D eigenvalue weighted by molar-refractivity contribution is 6.11. The van der Waals surface area contributed by atoms with Crippen molar-refractivity contribution >= 4 is 28.9 Å². The fourth-order valence-corrected chi connectivity index (χ4v) is 6.75. The number of halogens is 1. The fraction of sp³-hybridized carbons (Fsp3) is 0.588. The van der Waals surface area contributed by atoms with E-state index in [9.17, 15) is 14.4 Å². The maximum atomic E-state index is 13.6. The molecule has 1 amide bonds. The van der Waals surface area contributed by atoms with Gasteiger partial charge in [-0.3, -0.25) is 4.79 Å². The van der Waals surface area contributed by atoms with Crippen LogP contribution in [-0.4, -0.2) is 45.4 Å². The molecule has 0 aliphatic heterocycles. The normalized spacial score (nSPS) is 17.7. The molecule has 0 spiro atoms. The lowest BCUT2D eigenvalue weighted by Crippen LogP contribution is -3.00. The van der Waals surface area contributed by atoms with E-state index < -0.39 is 17.8 Å². The number of amides is 1. The number of carbonyl (C=O) groups is 3. The monoisotopic (exact) mass is 642 g/mol. The lowest BCUT2D eigenvalue weighted by atomic mass is 9.84. The van der Waals surface area contributed by atoms with Gasteiger partial charge in [-0.05, 0) is 58.4 Å². The molecule has 2 unspecified atom stereocenters. The van der Waals surface area contributed by atoms with Crippen molar-refractivity contribution in [2.75, 3.05) is 6.54 Å². The smallest absolute Gasteiger partial charge is 0.511 e. The average Bonchev–Trinajstić information content (AvgIpc) is 3.48. The Hall–Kier alpha value is -3.53. The highest BCUT2D eigenvalue weighted by Gasteiger charge is 2.34. The maximum Gasteiger partial charge on any atom is 0.511 e. The number of Topliss-reactive ketones (excluding diaryl/α,β-unsaturated/α-hetero) is 1. The van der Waals surface area contributed by atoms with Crippen molar-refractivity contribution < 1.29 is 45.6 Å². The van der Waals surface area contributed by atoms with Crippen LogP contribution in [-0.2, 0) is 41.0 Å². The van der Waals surface area contributed by atoms with E-state index in [1.807, 2.05) is 69.9 Å². The zero-order valence-electron chi connectivity index (χ0n) is 27.1. The number of imidazole rings is 1. The Morgan fingerprint density at radius 1 is 1.11 bits per heavy atom. The van der Waals surface area contributed by atoms with Gasteiger partial charge in [-0.25, -0.2) is 14.2 Å². The molecule has 3 aromatic rings. The van der Waals surface area contributed by atoms with E-state index >= 15 is 0 Å². The van der Waals surface area contributed by atoms with Crippen LogP contribution in [0.2, 0.25) is 0 Å². The molecular weight excluding hydrogens is 596 g/mol. The van der Waals surface area contributed by atoms with Gasteiger partial charge in [0.2, 0.25) is 6.73 Å². The summed E-state index contributed by atoms with van der Waals surface area (Å²) in [5.74, 6) is 1.20. The second-order valence-corrected chi connectivity index (χ2v) is 13.3. The molecule has 2 aliphatic rings. The van der Waals surface area contributed by atoms with Crippen molar-refractivity contribution in [1.29, 1.82) is 0 Å². The van der Waals surface area contributed by atoms with Crippen LogP contribution in [0.5, 0.6) is 0 Å². The van der Waals surface area contributed by atoms with Crippen LogP contribution in [0.15, 0.2) is 36.7 Å². The number of hydrogen-bond donors (Lipinski definition) is 1. The summed E-state index contributed by atoms with van der Waals surface area (Å²) in [6, 6.07) is 8.10. The Labute approximate surface area is 271 Å². The van der Waals surface area contributed by atoms with Crippen LogP contribution in [0.4, 0.5) is 9.59 Å². The first-order valence-corrected chi connectivity index (χ1v) is 16.0. The predicted molar refractivity (Wildman–Crippen MR) is 165 cm³/mol. The van der Waals surface area contributed by atoms with Crippen molar-refractivity contribution in [3.63, 3.8) is 0 Å². The molecule has 2 atom stereocenters. The maximum absolute atomic E-state index is 13.6. The minimum atomic E-state index is -0.719. The number of ether oxygens (including phenoxy) is 3. The summed E-state index contributed by atoms with van der Waals surface area (Å²) in [6.45, 7) is 8.34. The number of fused-ring (bicyclic) bond motifs is 3. The molecule has 1 fully saturated rings. The van der Waals surface area contributed by atoms with Gasteiger partial charge in [0.05, 0.1) is 5.92 Å². The summed E-state index contributed by atoms with van der Waals surface area (Å²) >= 11 is 0. The molecule has 0 saturated heterocycles. The number of benzene rings is 1. The fourth-order valence-electron chi connectivity index (χ4n) is 6.75. The molecule has 246 valence electrons. The van der Waals surface area contributed by atoms with Gasteiger partial charge in [-0.2, -0.15) is 4.57 Å². The molecule has 2 aliphatic carbocycles. The van der Waals surface area contributed by atoms with E-state index in [0.717, 1.165) is 66.5 Å². The van der Waals surface area contributed by atoms with Crippen LogP contribution in [0.25, 0.3) is 10.9 Å². The summed E-state index contributed by atoms with van der Waals surface area (Å²) in [6.07, 6.45) is 9.78. The first kappa shape index (κ1) is 34.3. The Bertz CT molecular complexity index is 1500. The third kappa shape index (κ3) is 8.20. The SMILES string of the molecule is Cc1n(CC2CCc3c(c4ccccc4n3C)C2=O)cc[n+]1COC(=O)OC(CCNC(=O)OC(C)(C)C)C1CCCCC1.[Cl-]. The zero-order chi connectivity index (χ0) is 31.4. The van der Waals surface area contributed by atoms with E-state index in [1.165, 1.54) is 6.42 Å². The quantitative estimate of drug-likeness (QED) is 0.284. The molecule has 2 heterocycles. The van der Waals surface area contributed by atoms with Crippen molar-refractivity contribution in [1.82, 2.24) is 14.5 Å². The number of hydrogen-bond acceptors (Lipinski definition) is 6. The van der Waals surface area contributed by atoms with Crippen molar-refractivity contribution in [3.05, 3.63) is 53.7 Å². The molecule has 11 heteroatoms. The van der Waals surface area contributed by atoms with Gasteiger partial charge in [-0.15, -0.1) is 0 Å². The molecule has 10 nitrogen and oxygen atoms in total. The number of para-hydroxylation sites is 1. The number of nitrogens with one attached hydrogen (secondary N) is 1. The third-order valence-corrected chi connectivity index (χ3v) is 9.09. The second kappa shape index (κ2) is 14.7. The first-order valence-electron chi connectivity index (χ1n) is 16.0. The van der Waals surface area contributed by atoms with Gasteiger partial charge < -0.3 is 36.5 Å². The van der Waals surface area contributed by atoms with Crippen molar-refractivity contribution in [2.45, 2.75) is 104 Å². The standard InChI is InChI=1S/C34H46N4O6.ClH/c1-23-37(21-25-15-16-28-30(31(25)39)26-13-9-10-14-27(26)36(28)5)19-20-38(23)22-42-33(41)43-29(24-11-7-6-8-12-24)17-18-35-32(40)44-34(2,3)4;/h9-10,13-14,19-20,24-25,29H,6-8,11-12,15-18,21-22H2,1-5H3;1H. The number of rotatable bonds is 9. The number of nitrogens with zero attached hydrogens (tertiary/aromatic N) is 3. The summed E-state index contributed by atoms with van der Waals surface area (Å²) in [4.78, 5) is 38.6. The number of carbonyl (C=O) groups excluding carboxylic acids is 3. The minimum absolute atomic E-state index is 0. The molecule has 1 aromatic carbocycles. The van der Waals surface area contributed by atoms with Crippen LogP contribution in [0.3, 0.4) is 0 Å². The summed E-state index contributed by atoms with van der Waals surface area (Å²) in [5.41, 5.74) is 2.49. The molecule has 5 rings (SSSR count). The Kier molecular flexibility index (Phi) is 11.2. The number of alkyl carbamates (subject to hydrolysis) is 1. The van der Waals surface area contributed by atoms with Crippen LogP contribution >= 0.6 is 0 Å². The van der Waals surface area contributed by atoms with Gasteiger partial charge in [0.15, 0.2) is 5.78 Å². The summed E-state index contributed by atoms with van der Waals surface area (Å²) in [7, 11) is 2.04. The minimum Gasteiger partial charge on any atom is -1.00 e. The van der Waals surface area contributed by atoms with Gasteiger partial charge in [0.25, 0.3) is 5.82 Å². The van der Waals surface area contributed by atoms with Gasteiger partial charge in [0, 0.05) is 49.1 Å². The van der Waals surface area contributed by atoms with Gasteiger partial charge in [0.1, 0.15) is 30.6 Å². The largest absolute Gasteiger partial charge is 1.00 e. The van der Waals surface area contributed by atoms with Gasteiger partial charge in [-0.1, -0.05) is 37.5 Å². The summed E-state index contributed by atoms with van der Waals surface area (Å²) < 4.78 is 22.8. The molecule has 45 heavy (non-hydrogen) atoms. The molecule has 2 aromatic heterocycles. The Morgan fingerprint density at radius 2 is 1.84 bits per heavy atom. The predicted octanol–water partition coefficient (Wildman–Crippen LogP) is 3.00. The zero-order valence-corrected chi connectivity index (χ0v) is 27.9. The lowest BCUT2D eigenvalue weighted by Gasteiger charge is -2.29. The Morgan fingerprint density at radius 3 is 2.58 bits per heavy atom. The van der Waals surface area contributed by atoms with E-state index in [-0.39, 0.29) is 42.9 Å². The number of aryl methyl sites for hydroxylation is 1. The topological polar surface area (TPSA) is 105 Å². The van der Waals surface area contributed by atoms with Crippen molar-refractivity contribution in [2.24, 2.45) is 18.9 Å². The lowest BCUT2D eigenvalue weighted by molar-refractivity contribution is -0.732. The third-order valence-electron chi connectivity index (χ3n) is 9.09. The highest BCUT2D eigenvalue weighted by atomic mass is 35.5. The van der Waals surface area contributed by atoms with Crippen LogP contribution < -0.4 is 22.3 Å². The molecule has 1 saturated carbocycles. The van der Waals surface area contributed by atoms with Crippen molar-refractivity contribution in [3.8, 4) is 0 Å². The highest BCUT2D eigenvalue weighted by Crippen LogP contribution is 2.34.